The molecule has 20 heavy (non-hydrogen) atoms. The van der Waals surface area contributed by atoms with Gasteiger partial charge >= 0.3 is 6.36 Å². The summed E-state index contributed by atoms with van der Waals surface area (Å²) in [5.74, 6) is 0.362. The Morgan fingerprint density at radius 1 is 0.950 bits per heavy atom. The Balaban J connectivity index is 2.11. The van der Waals surface area contributed by atoms with E-state index >= 15 is 0 Å². The first-order valence-electron chi connectivity index (χ1n) is 5.42. The number of nitrogen functional groups attached to an aromatic ring is 1. The van der Waals surface area contributed by atoms with E-state index in [1.807, 2.05) is 0 Å². The molecule has 0 aromatic heterocycles. The van der Waals surface area contributed by atoms with Crippen molar-refractivity contribution in [2.45, 2.75) is 6.36 Å². The fourth-order valence-corrected chi connectivity index (χ4v) is 1.63. The van der Waals surface area contributed by atoms with E-state index in [-0.39, 0.29) is 5.75 Å². The maximum atomic E-state index is 12.0. The van der Waals surface area contributed by atoms with Crippen LogP contribution >= 0.6 is 11.6 Å². The molecule has 0 unspecified atom stereocenters. The average molecular weight is 304 g/mol. The highest BCUT2D eigenvalue weighted by Crippen LogP contribution is 2.31. The molecule has 0 saturated heterocycles. The van der Waals surface area contributed by atoms with Gasteiger partial charge in [0, 0.05) is 5.02 Å². The number of hydrogen-bond donors (Lipinski definition) is 1. The van der Waals surface area contributed by atoms with E-state index in [1.165, 1.54) is 18.2 Å². The summed E-state index contributed by atoms with van der Waals surface area (Å²) < 4.78 is 45.2. The first-order chi connectivity index (χ1) is 9.33. The molecule has 3 nitrogen and oxygen atoms in total. The van der Waals surface area contributed by atoms with Crippen LogP contribution in [-0.2, 0) is 0 Å². The third kappa shape index (κ3) is 3.96. The number of nitrogens with two attached hydrogens (primary N) is 1. The average Bonchev–Trinajstić information content (AvgIpc) is 2.33. The van der Waals surface area contributed by atoms with Gasteiger partial charge in [0.05, 0.1) is 5.69 Å². The summed E-state index contributed by atoms with van der Waals surface area (Å²) in [7, 11) is 0. The van der Waals surface area contributed by atoms with E-state index in [9.17, 15) is 13.2 Å². The first-order valence-corrected chi connectivity index (χ1v) is 5.80. The molecule has 0 aliphatic heterocycles. The quantitative estimate of drug-likeness (QED) is 0.842. The summed E-state index contributed by atoms with van der Waals surface area (Å²) in [4.78, 5) is 0. The summed E-state index contributed by atoms with van der Waals surface area (Å²) in [5, 5.41) is 0.462. The molecule has 0 aliphatic rings. The summed E-state index contributed by atoms with van der Waals surface area (Å²) in [6.07, 6.45) is -4.72. The second-order valence-electron chi connectivity index (χ2n) is 3.80. The molecule has 0 fully saturated rings. The zero-order valence-corrected chi connectivity index (χ0v) is 10.7. The molecule has 7 heteroatoms. The van der Waals surface area contributed by atoms with Crippen LogP contribution in [0.3, 0.4) is 0 Å². The van der Waals surface area contributed by atoms with Crippen LogP contribution in [0.1, 0.15) is 0 Å². The third-order valence-electron chi connectivity index (χ3n) is 2.26. The number of halogens is 4. The van der Waals surface area contributed by atoms with Gasteiger partial charge in [-0.3, -0.25) is 0 Å². The van der Waals surface area contributed by atoms with E-state index in [0.29, 0.717) is 22.2 Å². The summed E-state index contributed by atoms with van der Waals surface area (Å²) in [6, 6.07) is 9.65. The van der Waals surface area contributed by atoms with Crippen molar-refractivity contribution < 1.29 is 22.6 Å². The van der Waals surface area contributed by atoms with Gasteiger partial charge in [0.25, 0.3) is 0 Å². The molecule has 0 saturated carbocycles. The predicted octanol–water partition coefficient (Wildman–Crippen LogP) is 4.61. The second kappa shape index (κ2) is 5.50. The molecule has 0 radical (unpaired) electrons. The van der Waals surface area contributed by atoms with Gasteiger partial charge in [-0.05, 0) is 42.5 Å². The Bertz CT molecular complexity index is 600. The summed E-state index contributed by atoms with van der Waals surface area (Å²) in [6.45, 7) is 0. The molecule has 0 heterocycles. The molecule has 0 spiro atoms. The van der Waals surface area contributed by atoms with Gasteiger partial charge in [-0.25, -0.2) is 0 Å². The van der Waals surface area contributed by atoms with Crippen molar-refractivity contribution in [3.8, 4) is 17.2 Å². The number of ether oxygens (including phenoxy) is 2. The van der Waals surface area contributed by atoms with E-state index in [0.717, 1.165) is 12.1 Å². The number of benzene rings is 2. The molecular formula is C13H9ClF3NO2. The zero-order chi connectivity index (χ0) is 14.8. The number of rotatable bonds is 3. The standard InChI is InChI=1S/C13H9ClF3NO2/c14-8-1-6-12(11(18)7-8)19-9-2-4-10(5-3-9)20-13(15,16)17/h1-7H,18H2. The topological polar surface area (TPSA) is 44.5 Å². The SMILES string of the molecule is Nc1cc(Cl)ccc1Oc1ccc(OC(F)(F)F)cc1. The zero-order valence-electron chi connectivity index (χ0n) is 9.95. The van der Waals surface area contributed by atoms with Crippen LogP contribution in [0, 0.1) is 0 Å². The normalized spacial score (nSPS) is 11.2. The van der Waals surface area contributed by atoms with Gasteiger partial charge in [0.1, 0.15) is 17.2 Å². The van der Waals surface area contributed by atoms with Gasteiger partial charge in [-0.2, -0.15) is 0 Å². The van der Waals surface area contributed by atoms with Gasteiger partial charge < -0.3 is 15.2 Å². The lowest BCUT2D eigenvalue weighted by Crippen LogP contribution is -2.16. The minimum Gasteiger partial charge on any atom is -0.455 e. The maximum absolute atomic E-state index is 12.0. The lowest BCUT2D eigenvalue weighted by molar-refractivity contribution is -0.274. The molecule has 106 valence electrons. The summed E-state index contributed by atoms with van der Waals surface area (Å²) in [5.41, 5.74) is 6.03. The van der Waals surface area contributed by atoms with E-state index in [4.69, 9.17) is 22.1 Å². The number of anilines is 1. The number of hydrogen-bond acceptors (Lipinski definition) is 3. The highest BCUT2D eigenvalue weighted by Gasteiger charge is 2.30. The van der Waals surface area contributed by atoms with Crippen molar-refractivity contribution in [2.75, 3.05) is 5.73 Å². The Kier molecular flexibility index (Phi) is 3.94. The fourth-order valence-electron chi connectivity index (χ4n) is 1.45. The van der Waals surface area contributed by atoms with Gasteiger partial charge in [-0.1, -0.05) is 11.6 Å². The lowest BCUT2D eigenvalue weighted by Gasteiger charge is -2.11. The molecule has 2 rings (SSSR count). The van der Waals surface area contributed by atoms with Crippen molar-refractivity contribution in [2.24, 2.45) is 0 Å². The Hall–Kier alpha value is -2.08. The monoisotopic (exact) mass is 303 g/mol. The second-order valence-corrected chi connectivity index (χ2v) is 4.24. The van der Waals surface area contributed by atoms with Crippen LogP contribution in [0.25, 0.3) is 0 Å². The van der Waals surface area contributed by atoms with Crippen molar-refractivity contribution in [1.82, 2.24) is 0 Å². The third-order valence-corrected chi connectivity index (χ3v) is 2.49. The molecule has 2 aromatic rings. The van der Waals surface area contributed by atoms with Gasteiger partial charge in [0.15, 0.2) is 0 Å². The molecule has 2 N–H and O–H groups in total. The van der Waals surface area contributed by atoms with Crippen molar-refractivity contribution in [3.63, 3.8) is 0 Å². The molecule has 0 aliphatic carbocycles. The minimum atomic E-state index is -4.72. The molecule has 0 bridgehead atoms. The molecule has 0 atom stereocenters. The van der Waals surface area contributed by atoms with Crippen LogP contribution < -0.4 is 15.2 Å². The maximum Gasteiger partial charge on any atom is 0.573 e. The molecular weight excluding hydrogens is 295 g/mol. The smallest absolute Gasteiger partial charge is 0.455 e. The van der Waals surface area contributed by atoms with Crippen LogP contribution in [0.2, 0.25) is 5.02 Å². The number of alkyl halides is 3. The largest absolute Gasteiger partial charge is 0.573 e. The van der Waals surface area contributed by atoms with Crippen molar-refractivity contribution >= 4 is 17.3 Å². The van der Waals surface area contributed by atoms with Crippen molar-refractivity contribution in [1.29, 1.82) is 0 Å². The van der Waals surface area contributed by atoms with Gasteiger partial charge in [-0.15, -0.1) is 13.2 Å². The summed E-state index contributed by atoms with van der Waals surface area (Å²) >= 11 is 5.74. The van der Waals surface area contributed by atoms with E-state index < -0.39 is 6.36 Å². The van der Waals surface area contributed by atoms with E-state index in [2.05, 4.69) is 4.74 Å². The lowest BCUT2D eigenvalue weighted by atomic mass is 10.3. The fraction of sp³-hybridized carbons (Fsp3) is 0.0769. The van der Waals surface area contributed by atoms with E-state index in [1.54, 1.807) is 12.1 Å². The predicted molar refractivity (Wildman–Crippen MR) is 69.1 cm³/mol. The minimum absolute atomic E-state index is 0.325. The Morgan fingerprint density at radius 3 is 2.10 bits per heavy atom. The molecule has 0 amide bonds. The van der Waals surface area contributed by atoms with Gasteiger partial charge in [0.2, 0.25) is 0 Å². The highest BCUT2D eigenvalue weighted by atomic mass is 35.5. The van der Waals surface area contributed by atoms with Crippen LogP contribution in [-0.4, -0.2) is 6.36 Å². The first kappa shape index (κ1) is 14.3. The highest BCUT2D eigenvalue weighted by molar-refractivity contribution is 6.30. The van der Waals surface area contributed by atoms with Crippen LogP contribution in [0.5, 0.6) is 17.2 Å². The molecule has 2 aromatic carbocycles. The Morgan fingerprint density at radius 2 is 1.55 bits per heavy atom. The van der Waals surface area contributed by atoms with Crippen LogP contribution in [0.15, 0.2) is 42.5 Å². The van der Waals surface area contributed by atoms with Crippen LogP contribution in [0.4, 0.5) is 18.9 Å². The van der Waals surface area contributed by atoms with Crippen molar-refractivity contribution in [3.05, 3.63) is 47.5 Å². The Labute approximate surface area is 117 Å².